The second-order valence-electron chi connectivity index (χ2n) is 5.76. The molecular formula is C14H29ClN2O2. The molecule has 2 atom stereocenters. The molecule has 3 N–H and O–H groups in total. The van der Waals surface area contributed by atoms with Gasteiger partial charge in [-0.3, -0.25) is 4.79 Å². The Balaban J connectivity index is 0.00000324. The molecule has 1 fully saturated rings. The Kier molecular flexibility index (Phi) is 10.3. The zero-order chi connectivity index (χ0) is 13.4. The van der Waals surface area contributed by atoms with Crippen LogP contribution >= 0.6 is 12.4 Å². The molecule has 1 saturated heterocycles. The predicted octanol–water partition coefficient (Wildman–Crippen LogP) is 1.71. The van der Waals surface area contributed by atoms with E-state index in [-0.39, 0.29) is 31.0 Å². The van der Waals surface area contributed by atoms with Crippen LogP contribution in [-0.2, 0) is 4.79 Å². The fourth-order valence-electron chi connectivity index (χ4n) is 2.60. The van der Waals surface area contributed by atoms with Gasteiger partial charge in [-0.25, -0.2) is 0 Å². The van der Waals surface area contributed by atoms with E-state index in [2.05, 4.69) is 24.5 Å². The molecule has 0 radical (unpaired) electrons. The van der Waals surface area contributed by atoms with Crippen LogP contribution in [0, 0.1) is 11.8 Å². The van der Waals surface area contributed by atoms with Crippen molar-refractivity contribution < 1.29 is 9.90 Å². The van der Waals surface area contributed by atoms with Crippen LogP contribution in [0.1, 0.15) is 46.0 Å². The zero-order valence-corrected chi connectivity index (χ0v) is 13.0. The van der Waals surface area contributed by atoms with Gasteiger partial charge in [-0.1, -0.05) is 20.3 Å². The van der Waals surface area contributed by atoms with E-state index in [0.717, 1.165) is 32.2 Å². The molecule has 0 bridgehead atoms. The van der Waals surface area contributed by atoms with E-state index in [1.807, 2.05) is 0 Å². The summed E-state index contributed by atoms with van der Waals surface area (Å²) < 4.78 is 0. The van der Waals surface area contributed by atoms with Crippen LogP contribution in [0.5, 0.6) is 0 Å². The molecule has 0 spiro atoms. The number of carbonyl (C=O) groups is 1. The lowest BCUT2D eigenvalue weighted by Gasteiger charge is -2.24. The fourth-order valence-corrected chi connectivity index (χ4v) is 2.60. The first-order valence-electron chi connectivity index (χ1n) is 7.25. The number of hydrogen-bond acceptors (Lipinski definition) is 3. The molecule has 1 aliphatic heterocycles. The number of nitrogens with one attached hydrogen (secondary N) is 2. The highest BCUT2D eigenvalue weighted by molar-refractivity contribution is 5.85. The maximum absolute atomic E-state index is 12.0. The lowest BCUT2D eigenvalue weighted by molar-refractivity contribution is -0.123. The first-order valence-corrected chi connectivity index (χ1v) is 7.25. The lowest BCUT2D eigenvalue weighted by atomic mass is 9.94. The van der Waals surface area contributed by atoms with E-state index < -0.39 is 0 Å². The maximum atomic E-state index is 12.0. The molecule has 0 aromatic carbocycles. The summed E-state index contributed by atoms with van der Waals surface area (Å²) in [5, 5.41) is 15.3. The molecule has 114 valence electrons. The van der Waals surface area contributed by atoms with Gasteiger partial charge in [0, 0.05) is 13.2 Å². The van der Waals surface area contributed by atoms with E-state index in [1.54, 1.807) is 0 Å². The average Bonchev–Trinajstić information content (AvgIpc) is 2.36. The number of amides is 1. The van der Waals surface area contributed by atoms with Crippen LogP contribution in [0.2, 0.25) is 0 Å². The van der Waals surface area contributed by atoms with Gasteiger partial charge in [-0.05, 0) is 44.1 Å². The molecule has 0 aromatic rings. The van der Waals surface area contributed by atoms with Gasteiger partial charge in [0.2, 0.25) is 5.91 Å². The smallest absolute Gasteiger partial charge is 0.237 e. The van der Waals surface area contributed by atoms with Gasteiger partial charge in [0.15, 0.2) is 0 Å². The molecule has 0 aliphatic carbocycles. The molecule has 19 heavy (non-hydrogen) atoms. The molecule has 1 aliphatic rings. The van der Waals surface area contributed by atoms with Gasteiger partial charge in [-0.15, -0.1) is 12.4 Å². The highest BCUT2D eigenvalue weighted by atomic mass is 35.5. The van der Waals surface area contributed by atoms with Gasteiger partial charge in [0.25, 0.3) is 0 Å². The van der Waals surface area contributed by atoms with Crippen molar-refractivity contribution in [1.29, 1.82) is 0 Å². The summed E-state index contributed by atoms with van der Waals surface area (Å²) in [6, 6.07) is -0.00687. The van der Waals surface area contributed by atoms with E-state index in [9.17, 15) is 4.79 Å². The first-order chi connectivity index (χ1) is 8.63. The van der Waals surface area contributed by atoms with Crippen LogP contribution in [0.4, 0.5) is 0 Å². The maximum Gasteiger partial charge on any atom is 0.237 e. The van der Waals surface area contributed by atoms with E-state index >= 15 is 0 Å². The third-order valence-electron chi connectivity index (χ3n) is 3.53. The van der Waals surface area contributed by atoms with Crippen molar-refractivity contribution in [3.8, 4) is 0 Å². The quantitative estimate of drug-likeness (QED) is 0.669. The Bertz CT molecular complexity index is 244. The molecule has 0 saturated carbocycles. The number of piperidine rings is 1. The Morgan fingerprint density at radius 1 is 1.42 bits per heavy atom. The number of carbonyl (C=O) groups excluding carboxylic acids is 1. The first kappa shape index (κ1) is 18.7. The molecule has 5 heteroatoms. The van der Waals surface area contributed by atoms with Gasteiger partial charge in [0.1, 0.15) is 0 Å². The zero-order valence-electron chi connectivity index (χ0n) is 12.2. The summed E-state index contributed by atoms with van der Waals surface area (Å²) in [4.78, 5) is 12.0. The molecule has 1 unspecified atom stereocenters. The summed E-state index contributed by atoms with van der Waals surface area (Å²) in [5.74, 6) is 1.12. The van der Waals surface area contributed by atoms with E-state index in [4.69, 9.17) is 5.11 Å². The van der Waals surface area contributed by atoms with Gasteiger partial charge in [-0.2, -0.15) is 0 Å². The summed E-state index contributed by atoms with van der Waals surface area (Å²) in [7, 11) is 0. The predicted molar refractivity (Wildman–Crippen MR) is 80.5 cm³/mol. The van der Waals surface area contributed by atoms with E-state index in [0.29, 0.717) is 18.4 Å². The average molecular weight is 293 g/mol. The Labute approximate surface area is 123 Å². The minimum absolute atomic E-state index is 0. The second-order valence-corrected chi connectivity index (χ2v) is 5.76. The van der Waals surface area contributed by atoms with Crippen molar-refractivity contribution in [3.05, 3.63) is 0 Å². The van der Waals surface area contributed by atoms with Crippen molar-refractivity contribution in [1.82, 2.24) is 10.6 Å². The summed E-state index contributed by atoms with van der Waals surface area (Å²) >= 11 is 0. The van der Waals surface area contributed by atoms with Crippen LogP contribution in [0.15, 0.2) is 0 Å². The van der Waals surface area contributed by atoms with E-state index in [1.165, 1.54) is 6.42 Å². The monoisotopic (exact) mass is 292 g/mol. The summed E-state index contributed by atoms with van der Waals surface area (Å²) in [6.07, 6.45) is 5.08. The number of hydrogen-bond donors (Lipinski definition) is 3. The Morgan fingerprint density at radius 2 is 2.16 bits per heavy atom. The van der Waals surface area contributed by atoms with Crippen LogP contribution < -0.4 is 10.6 Å². The van der Waals surface area contributed by atoms with Crippen LogP contribution in [-0.4, -0.2) is 36.8 Å². The molecule has 4 nitrogen and oxygen atoms in total. The number of aliphatic hydroxyl groups is 1. The van der Waals surface area contributed by atoms with Crippen molar-refractivity contribution >= 4 is 18.3 Å². The van der Waals surface area contributed by atoms with Crippen molar-refractivity contribution in [3.63, 3.8) is 0 Å². The van der Waals surface area contributed by atoms with Crippen molar-refractivity contribution in [2.75, 3.05) is 19.7 Å². The minimum atomic E-state index is -0.00687. The minimum Gasteiger partial charge on any atom is -0.396 e. The second kappa shape index (κ2) is 10.5. The van der Waals surface area contributed by atoms with Crippen molar-refractivity contribution in [2.45, 2.75) is 52.0 Å². The Hall–Kier alpha value is -0.320. The molecular weight excluding hydrogens is 264 g/mol. The number of aliphatic hydroxyl groups excluding tert-OH is 1. The lowest BCUT2D eigenvalue weighted by Crippen LogP contribution is -2.47. The molecule has 1 amide bonds. The molecule has 1 rings (SSSR count). The summed E-state index contributed by atoms with van der Waals surface area (Å²) in [5.41, 5.74) is 0. The highest BCUT2D eigenvalue weighted by Crippen LogP contribution is 2.14. The van der Waals surface area contributed by atoms with Crippen LogP contribution in [0.3, 0.4) is 0 Å². The summed E-state index contributed by atoms with van der Waals surface area (Å²) in [6.45, 7) is 6.19. The standard InChI is InChI=1S/C14H28N2O2.ClH/c1-11(2)9-12(6-8-17)10-16-14(18)13-5-3-4-7-15-13;/h11-13,15,17H,3-10H2,1-2H3,(H,16,18);1H/t12?,13-;/m1./s1. The van der Waals surface area contributed by atoms with Crippen molar-refractivity contribution in [2.24, 2.45) is 11.8 Å². The van der Waals surface area contributed by atoms with Crippen LogP contribution in [0.25, 0.3) is 0 Å². The third-order valence-corrected chi connectivity index (χ3v) is 3.53. The Morgan fingerprint density at radius 3 is 2.68 bits per heavy atom. The number of halogens is 1. The fraction of sp³-hybridized carbons (Fsp3) is 0.929. The number of rotatable bonds is 7. The van der Waals surface area contributed by atoms with Gasteiger partial charge >= 0.3 is 0 Å². The molecule has 0 aromatic heterocycles. The van der Waals surface area contributed by atoms with Gasteiger partial charge in [0.05, 0.1) is 6.04 Å². The van der Waals surface area contributed by atoms with Gasteiger partial charge < -0.3 is 15.7 Å². The molecule has 1 heterocycles. The third kappa shape index (κ3) is 7.75. The topological polar surface area (TPSA) is 61.4 Å². The normalized spacial score (nSPS) is 20.7. The highest BCUT2D eigenvalue weighted by Gasteiger charge is 2.21. The SMILES string of the molecule is CC(C)CC(CCO)CNC(=O)[C@H]1CCCCN1.Cl. The largest absolute Gasteiger partial charge is 0.396 e.